The van der Waals surface area contributed by atoms with Crippen molar-refractivity contribution in [2.75, 3.05) is 0 Å². The van der Waals surface area contributed by atoms with Crippen molar-refractivity contribution in [1.29, 1.82) is 0 Å². The minimum Gasteiger partial charge on any atom is -0.281 e. The maximum Gasteiger partial charge on any atom is 0.269 e. The Hall–Kier alpha value is -3.14. The van der Waals surface area contributed by atoms with E-state index in [1.54, 1.807) is 12.1 Å². The van der Waals surface area contributed by atoms with Crippen molar-refractivity contribution < 1.29 is 4.79 Å². The molecule has 3 aromatic rings. The van der Waals surface area contributed by atoms with Gasteiger partial charge < -0.3 is 0 Å². The summed E-state index contributed by atoms with van der Waals surface area (Å²) < 4.78 is 0. The van der Waals surface area contributed by atoms with E-state index in [0.29, 0.717) is 11.4 Å². The molecule has 0 aromatic heterocycles. The lowest BCUT2D eigenvalue weighted by molar-refractivity contribution is 0.0944. The number of benzene rings is 3. The predicted molar refractivity (Wildman–Crippen MR) is 87.2 cm³/mol. The molecule has 22 heavy (non-hydrogen) atoms. The third kappa shape index (κ3) is 2.02. The zero-order valence-corrected chi connectivity index (χ0v) is 11.7. The van der Waals surface area contributed by atoms with Gasteiger partial charge in [-0.1, -0.05) is 48.5 Å². The van der Waals surface area contributed by atoms with Crippen LogP contribution in [0.3, 0.4) is 0 Å². The topological polar surface area (TPSA) is 53.5 Å². The summed E-state index contributed by atoms with van der Waals surface area (Å²) in [5.74, 6) is 0.475. The molecule has 0 unspecified atom stereocenters. The van der Waals surface area contributed by atoms with E-state index in [1.165, 1.54) is 0 Å². The van der Waals surface area contributed by atoms with Gasteiger partial charge >= 0.3 is 0 Å². The lowest BCUT2D eigenvalue weighted by Gasteiger charge is -2.09. The van der Waals surface area contributed by atoms with E-state index in [4.69, 9.17) is 0 Å². The molecule has 0 aliphatic carbocycles. The molecule has 1 aliphatic rings. The smallest absolute Gasteiger partial charge is 0.269 e. The summed E-state index contributed by atoms with van der Waals surface area (Å²) in [5, 5.41) is 2.26. The fraction of sp³-hybridized carbons (Fsp3) is 0. The fourth-order valence-electron chi connectivity index (χ4n) is 2.67. The number of hydrogen-bond acceptors (Lipinski definition) is 3. The molecule has 0 radical (unpaired) electrons. The highest BCUT2D eigenvalue weighted by Crippen LogP contribution is 2.34. The Morgan fingerprint density at radius 1 is 0.864 bits per heavy atom. The van der Waals surface area contributed by atoms with Gasteiger partial charge in [-0.15, -0.1) is 0 Å². The molecule has 1 amide bonds. The van der Waals surface area contributed by atoms with E-state index in [2.05, 4.69) is 28.0 Å². The van der Waals surface area contributed by atoms with Crippen LogP contribution < -0.4 is 10.9 Å². The summed E-state index contributed by atoms with van der Waals surface area (Å²) >= 11 is 0. The van der Waals surface area contributed by atoms with Crippen molar-refractivity contribution in [1.82, 2.24) is 10.9 Å². The number of amides is 1. The van der Waals surface area contributed by atoms with Crippen LogP contribution in [0.4, 0.5) is 5.69 Å². The molecule has 4 rings (SSSR count). The van der Waals surface area contributed by atoms with Crippen molar-refractivity contribution in [3.05, 3.63) is 77.9 Å². The van der Waals surface area contributed by atoms with Crippen molar-refractivity contribution in [3.8, 4) is 0 Å². The average molecular weight is 287 g/mol. The zero-order valence-electron chi connectivity index (χ0n) is 11.7. The first kappa shape index (κ1) is 12.6. The van der Waals surface area contributed by atoms with Gasteiger partial charge in [-0.25, -0.2) is 4.99 Å². The summed E-state index contributed by atoms with van der Waals surface area (Å²) in [5.41, 5.74) is 8.16. The Kier molecular flexibility index (Phi) is 2.86. The van der Waals surface area contributed by atoms with E-state index >= 15 is 0 Å². The van der Waals surface area contributed by atoms with E-state index in [1.807, 2.05) is 42.5 Å². The van der Waals surface area contributed by atoms with Crippen LogP contribution in [0.1, 0.15) is 15.9 Å². The third-order valence-corrected chi connectivity index (χ3v) is 3.70. The number of carbonyl (C=O) groups excluding carboxylic acids is 1. The lowest BCUT2D eigenvalue weighted by Crippen LogP contribution is -2.41. The number of amidine groups is 1. The number of nitrogens with zero attached hydrogens (tertiary/aromatic N) is 1. The molecular weight excluding hydrogens is 274 g/mol. The molecule has 0 spiro atoms. The fourth-order valence-corrected chi connectivity index (χ4v) is 2.67. The third-order valence-electron chi connectivity index (χ3n) is 3.70. The molecule has 3 aromatic carbocycles. The number of hydrogen-bond donors (Lipinski definition) is 2. The normalized spacial score (nSPS) is 12.1. The van der Waals surface area contributed by atoms with Gasteiger partial charge in [0.1, 0.15) is 0 Å². The molecule has 0 saturated carbocycles. The molecule has 106 valence electrons. The van der Waals surface area contributed by atoms with Gasteiger partial charge in [-0.3, -0.25) is 15.6 Å². The molecule has 0 bridgehead atoms. The van der Waals surface area contributed by atoms with Crippen LogP contribution >= 0.6 is 0 Å². The molecule has 0 saturated heterocycles. The summed E-state index contributed by atoms with van der Waals surface area (Å²) in [4.78, 5) is 16.6. The average Bonchev–Trinajstić information content (AvgIpc) is 2.94. The van der Waals surface area contributed by atoms with Crippen LogP contribution in [0.25, 0.3) is 10.8 Å². The van der Waals surface area contributed by atoms with Gasteiger partial charge in [0.25, 0.3) is 5.91 Å². The molecule has 4 heteroatoms. The Labute approximate surface area is 127 Å². The SMILES string of the molecule is O=C(NNC1=Nc2cccc3cccc1c23)c1ccccc1. The van der Waals surface area contributed by atoms with Crippen LogP contribution in [0, 0.1) is 0 Å². The van der Waals surface area contributed by atoms with E-state index in [0.717, 1.165) is 22.0 Å². The first-order chi connectivity index (χ1) is 10.8. The zero-order chi connectivity index (χ0) is 14.9. The van der Waals surface area contributed by atoms with Crippen LogP contribution in [0.5, 0.6) is 0 Å². The quantitative estimate of drug-likeness (QED) is 0.675. The maximum atomic E-state index is 12.1. The predicted octanol–water partition coefficient (Wildman–Crippen LogP) is 3.17. The monoisotopic (exact) mass is 287 g/mol. The number of aliphatic imine (C=N–C) groups is 1. The van der Waals surface area contributed by atoms with E-state index in [9.17, 15) is 4.79 Å². The van der Waals surface area contributed by atoms with E-state index in [-0.39, 0.29) is 5.91 Å². The second-order valence-electron chi connectivity index (χ2n) is 5.09. The van der Waals surface area contributed by atoms with Crippen molar-refractivity contribution in [2.45, 2.75) is 0 Å². The van der Waals surface area contributed by atoms with Crippen LogP contribution in [-0.2, 0) is 0 Å². The van der Waals surface area contributed by atoms with E-state index < -0.39 is 0 Å². The highest BCUT2D eigenvalue weighted by atomic mass is 16.2. The Bertz CT molecular complexity index is 895. The molecule has 1 aliphatic heterocycles. The highest BCUT2D eigenvalue weighted by Gasteiger charge is 2.18. The Morgan fingerprint density at radius 3 is 2.45 bits per heavy atom. The standard InChI is InChI=1S/C18H13N3O/c22-18(13-6-2-1-3-7-13)21-20-17-14-10-4-8-12-9-5-11-15(19-17)16(12)14/h1-11H,(H,19,20)(H,21,22). The van der Waals surface area contributed by atoms with Crippen LogP contribution in [-0.4, -0.2) is 11.7 Å². The molecule has 0 fully saturated rings. The van der Waals surface area contributed by atoms with Crippen LogP contribution in [0.2, 0.25) is 0 Å². The summed E-state index contributed by atoms with van der Waals surface area (Å²) in [6.07, 6.45) is 0. The first-order valence-electron chi connectivity index (χ1n) is 7.05. The van der Waals surface area contributed by atoms with Crippen molar-refractivity contribution in [2.24, 2.45) is 4.99 Å². The maximum absolute atomic E-state index is 12.1. The molecular formula is C18H13N3O. The molecule has 4 nitrogen and oxygen atoms in total. The number of nitrogens with one attached hydrogen (secondary N) is 2. The van der Waals surface area contributed by atoms with Gasteiger partial charge in [-0.2, -0.15) is 0 Å². The van der Waals surface area contributed by atoms with Crippen molar-refractivity contribution in [3.63, 3.8) is 0 Å². The van der Waals surface area contributed by atoms with Crippen molar-refractivity contribution >= 4 is 28.2 Å². The van der Waals surface area contributed by atoms with Gasteiger partial charge in [-0.05, 0) is 23.6 Å². The number of carbonyl (C=O) groups is 1. The molecule has 1 heterocycles. The van der Waals surface area contributed by atoms with Gasteiger partial charge in [0, 0.05) is 16.5 Å². The summed E-state index contributed by atoms with van der Waals surface area (Å²) in [6, 6.07) is 21.1. The van der Waals surface area contributed by atoms with Gasteiger partial charge in [0.15, 0.2) is 5.84 Å². The second kappa shape index (κ2) is 5.00. The minimum atomic E-state index is -0.188. The molecule has 0 atom stereocenters. The first-order valence-corrected chi connectivity index (χ1v) is 7.05. The Morgan fingerprint density at radius 2 is 1.64 bits per heavy atom. The number of rotatable bonds is 1. The second-order valence-corrected chi connectivity index (χ2v) is 5.09. The minimum absolute atomic E-state index is 0.188. The molecule has 2 N–H and O–H groups in total. The largest absolute Gasteiger partial charge is 0.281 e. The van der Waals surface area contributed by atoms with Gasteiger partial charge in [0.2, 0.25) is 0 Å². The highest BCUT2D eigenvalue weighted by molar-refractivity contribution is 6.19. The van der Waals surface area contributed by atoms with Gasteiger partial charge in [0.05, 0.1) is 5.69 Å². The van der Waals surface area contributed by atoms with Crippen LogP contribution in [0.15, 0.2) is 71.7 Å². The lowest BCUT2D eigenvalue weighted by atomic mass is 10.0. The summed E-state index contributed by atoms with van der Waals surface area (Å²) in [7, 11) is 0. The summed E-state index contributed by atoms with van der Waals surface area (Å²) in [6.45, 7) is 0. The number of hydrazine groups is 1. The Balaban J connectivity index is 1.59.